The van der Waals surface area contributed by atoms with Crippen molar-refractivity contribution < 1.29 is 18.8 Å². The second kappa shape index (κ2) is 6.28. The van der Waals surface area contributed by atoms with Crippen LogP contribution in [0.5, 0.6) is 11.5 Å². The van der Waals surface area contributed by atoms with E-state index in [1.54, 1.807) is 26.0 Å². The zero-order chi connectivity index (χ0) is 16.4. The summed E-state index contributed by atoms with van der Waals surface area (Å²) in [4.78, 5) is 18.3. The fraction of sp³-hybridized carbons (Fsp3) is 0.438. The number of carbonyl (C=O) groups excluding carboxylic acids is 1. The third-order valence-electron chi connectivity index (χ3n) is 3.94. The summed E-state index contributed by atoms with van der Waals surface area (Å²) in [5.41, 5.74) is 0.987. The summed E-state index contributed by atoms with van der Waals surface area (Å²) < 4.78 is 15.5. The van der Waals surface area contributed by atoms with Crippen molar-refractivity contribution in [3.63, 3.8) is 0 Å². The Morgan fingerprint density at radius 2 is 2.09 bits per heavy atom. The van der Waals surface area contributed by atoms with E-state index in [0.29, 0.717) is 42.7 Å². The Hall–Kier alpha value is -2.57. The van der Waals surface area contributed by atoms with Crippen LogP contribution >= 0.6 is 0 Å². The Morgan fingerprint density at radius 1 is 1.30 bits per heavy atom. The second-order valence-electron chi connectivity index (χ2n) is 5.54. The summed E-state index contributed by atoms with van der Waals surface area (Å²) >= 11 is 0. The molecule has 1 aliphatic heterocycles. The molecule has 2 aromatic rings. The minimum Gasteiger partial charge on any atom is -0.493 e. The topological polar surface area (TPSA) is 77.7 Å². The molecule has 1 fully saturated rings. The maximum Gasteiger partial charge on any atom is 0.223 e. The number of likely N-dealkylation sites (tertiary alicyclic amines) is 1. The van der Waals surface area contributed by atoms with Gasteiger partial charge in [-0.05, 0) is 17.7 Å². The number of hydrogen-bond donors (Lipinski definition) is 0. The maximum atomic E-state index is 12.2. The number of amides is 1. The average molecular weight is 317 g/mol. The molecule has 3 rings (SSSR count). The second-order valence-corrected chi connectivity index (χ2v) is 5.54. The monoisotopic (exact) mass is 317 g/mol. The van der Waals surface area contributed by atoms with Crippen LogP contribution in [0.1, 0.15) is 29.6 Å². The van der Waals surface area contributed by atoms with Gasteiger partial charge < -0.3 is 18.9 Å². The van der Waals surface area contributed by atoms with Gasteiger partial charge in [0.1, 0.15) is 0 Å². The fourth-order valence-corrected chi connectivity index (χ4v) is 2.78. The molecule has 0 bridgehead atoms. The fourth-order valence-electron chi connectivity index (χ4n) is 2.78. The van der Waals surface area contributed by atoms with Crippen LogP contribution in [0.2, 0.25) is 0 Å². The van der Waals surface area contributed by atoms with E-state index in [0.717, 1.165) is 5.56 Å². The van der Waals surface area contributed by atoms with Crippen molar-refractivity contribution in [1.82, 2.24) is 15.0 Å². The molecule has 0 aliphatic carbocycles. The lowest BCUT2D eigenvalue weighted by molar-refractivity contribution is -0.128. The van der Waals surface area contributed by atoms with Gasteiger partial charge in [-0.25, -0.2) is 0 Å². The minimum absolute atomic E-state index is 0.0138. The number of hydrogen-bond acceptors (Lipinski definition) is 6. The molecule has 2 heterocycles. The molecular formula is C16H19N3O4. The number of ether oxygens (including phenoxy) is 2. The molecule has 1 atom stereocenters. The van der Waals surface area contributed by atoms with Crippen molar-refractivity contribution in [3.05, 3.63) is 35.5 Å². The molecule has 0 saturated carbocycles. The van der Waals surface area contributed by atoms with Gasteiger partial charge in [-0.2, -0.15) is 4.98 Å². The van der Waals surface area contributed by atoms with E-state index in [1.165, 1.54) is 0 Å². The molecule has 7 nitrogen and oxygen atoms in total. The van der Waals surface area contributed by atoms with Crippen LogP contribution < -0.4 is 9.47 Å². The molecular weight excluding hydrogens is 298 g/mol. The summed E-state index contributed by atoms with van der Waals surface area (Å²) in [6.07, 6.45) is 0.409. The van der Waals surface area contributed by atoms with Crippen LogP contribution in [-0.2, 0) is 11.3 Å². The van der Waals surface area contributed by atoms with Gasteiger partial charge in [0, 0.05) is 32.4 Å². The van der Waals surface area contributed by atoms with Gasteiger partial charge in [-0.3, -0.25) is 4.79 Å². The summed E-state index contributed by atoms with van der Waals surface area (Å²) in [5.74, 6) is 2.52. The molecule has 0 radical (unpaired) electrons. The lowest BCUT2D eigenvalue weighted by atomic mass is 10.1. The quantitative estimate of drug-likeness (QED) is 0.838. The van der Waals surface area contributed by atoms with Gasteiger partial charge in [-0.1, -0.05) is 11.2 Å². The number of rotatable bonds is 5. The van der Waals surface area contributed by atoms with Crippen LogP contribution in [0.25, 0.3) is 0 Å². The lowest BCUT2D eigenvalue weighted by Gasteiger charge is -2.17. The first-order chi connectivity index (χ1) is 11.1. The molecule has 0 N–H and O–H groups in total. The van der Waals surface area contributed by atoms with Gasteiger partial charge >= 0.3 is 0 Å². The predicted octanol–water partition coefficient (Wildman–Crippen LogP) is 1.91. The molecule has 1 aromatic heterocycles. The normalized spacial score (nSPS) is 17.6. The smallest absolute Gasteiger partial charge is 0.223 e. The largest absolute Gasteiger partial charge is 0.493 e. The van der Waals surface area contributed by atoms with Gasteiger partial charge in [-0.15, -0.1) is 0 Å². The SMILES string of the molecule is COc1ccc(CN2CC(c3noc(C)n3)CC2=O)cc1OC. The first-order valence-electron chi connectivity index (χ1n) is 7.39. The Kier molecular flexibility index (Phi) is 4.18. The van der Waals surface area contributed by atoms with E-state index in [9.17, 15) is 4.79 Å². The standard InChI is InChI=1S/C16H19N3O4/c1-10-17-16(18-23-10)12-7-15(20)19(9-12)8-11-4-5-13(21-2)14(6-11)22-3/h4-6,12H,7-9H2,1-3H3. The highest BCUT2D eigenvalue weighted by atomic mass is 16.5. The number of nitrogens with zero attached hydrogens (tertiary/aromatic N) is 3. The number of carbonyl (C=O) groups is 1. The molecule has 0 spiro atoms. The van der Waals surface area contributed by atoms with E-state index < -0.39 is 0 Å². The highest BCUT2D eigenvalue weighted by Gasteiger charge is 2.33. The molecule has 1 aliphatic rings. The van der Waals surface area contributed by atoms with Gasteiger partial charge in [0.05, 0.1) is 14.2 Å². The third kappa shape index (κ3) is 3.13. The number of aryl methyl sites for hydroxylation is 1. The first kappa shape index (κ1) is 15.3. The third-order valence-corrected chi connectivity index (χ3v) is 3.94. The minimum atomic E-state index is -0.0138. The van der Waals surface area contributed by atoms with Gasteiger partial charge in [0.2, 0.25) is 11.8 Å². The summed E-state index contributed by atoms with van der Waals surface area (Å²) in [6.45, 7) is 2.85. The van der Waals surface area contributed by atoms with E-state index in [1.807, 2.05) is 18.2 Å². The molecule has 1 aromatic carbocycles. The average Bonchev–Trinajstić information content (AvgIpc) is 3.13. The Balaban J connectivity index is 1.72. The lowest BCUT2D eigenvalue weighted by Crippen LogP contribution is -2.24. The number of aromatic nitrogens is 2. The molecule has 1 saturated heterocycles. The summed E-state index contributed by atoms with van der Waals surface area (Å²) in [5, 5.41) is 3.92. The van der Waals surface area contributed by atoms with Crippen molar-refractivity contribution >= 4 is 5.91 Å². The summed E-state index contributed by atoms with van der Waals surface area (Å²) in [6, 6.07) is 5.66. The van der Waals surface area contributed by atoms with Gasteiger partial charge in [0.15, 0.2) is 17.3 Å². The number of benzene rings is 1. The molecule has 122 valence electrons. The maximum absolute atomic E-state index is 12.2. The van der Waals surface area contributed by atoms with Gasteiger partial charge in [0.25, 0.3) is 0 Å². The van der Waals surface area contributed by atoms with Crippen molar-refractivity contribution in [2.75, 3.05) is 20.8 Å². The van der Waals surface area contributed by atoms with E-state index in [2.05, 4.69) is 10.1 Å². The van der Waals surface area contributed by atoms with Crippen LogP contribution in [0.4, 0.5) is 0 Å². The predicted molar refractivity (Wildman–Crippen MR) is 81.4 cm³/mol. The Morgan fingerprint density at radius 3 is 2.74 bits per heavy atom. The Labute approximate surface area is 134 Å². The van der Waals surface area contributed by atoms with Crippen molar-refractivity contribution in [2.45, 2.75) is 25.8 Å². The van der Waals surface area contributed by atoms with Crippen LogP contribution in [0.15, 0.2) is 22.7 Å². The zero-order valence-corrected chi connectivity index (χ0v) is 13.4. The Bertz CT molecular complexity index is 713. The first-order valence-corrected chi connectivity index (χ1v) is 7.39. The van der Waals surface area contributed by atoms with E-state index in [4.69, 9.17) is 14.0 Å². The van der Waals surface area contributed by atoms with Crippen LogP contribution in [-0.4, -0.2) is 41.7 Å². The highest BCUT2D eigenvalue weighted by Crippen LogP contribution is 2.31. The van der Waals surface area contributed by atoms with Crippen molar-refractivity contribution in [1.29, 1.82) is 0 Å². The molecule has 7 heteroatoms. The molecule has 1 amide bonds. The molecule has 1 unspecified atom stereocenters. The highest BCUT2D eigenvalue weighted by molar-refractivity contribution is 5.79. The summed E-state index contributed by atoms with van der Waals surface area (Å²) in [7, 11) is 3.19. The van der Waals surface area contributed by atoms with E-state index in [-0.39, 0.29) is 11.8 Å². The van der Waals surface area contributed by atoms with Crippen LogP contribution in [0, 0.1) is 6.92 Å². The van der Waals surface area contributed by atoms with Crippen molar-refractivity contribution in [2.24, 2.45) is 0 Å². The van der Waals surface area contributed by atoms with Crippen LogP contribution in [0.3, 0.4) is 0 Å². The van der Waals surface area contributed by atoms with Crippen molar-refractivity contribution in [3.8, 4) is 11.5 Å². The van der Waals surface area contributed by atoms with E-state index >= 15 is 0 Å². The molecule has 23 heavy (non-hydrogen) atoms. The number of methoxy groups -OCH3 is 2. The zero-order valence-electron chi connectivity index (χ0n) is 13.4.